The molecule has 0 bridgehead atoms. The predicted molar refractivity (Wildman–Crippen MR) is 101 cm³/mol. The number of carbonyl (C=O) groups is 2. The first-order chi connectivity index (χ1) is 12.3. The second-order valence-corrected chi connectivity index (χ2v) is 5.94. The molecule has 0 fully saturated rings. The van der Waals surface area contributed by atoms with E-state index in [9.17, 15) is 19.7 Å². The predicted octanol–water partition coefficient (Wildman–Crippen LogP) is 3.65. The van der Waals surface area contributed by atoms with Gasteiger partial charge >= 0.3 is 0 Å². The maximum absolute atomic E-state index is 12.3. The Morgan fingerprint density at radius 2 is 1.69 bits per heavy atom. The van der Waals surface area contributed by atoms with Gasteiger partial charge in [0.25, 0.3) is 5.69 Å². The maximum Gasteiger partial charge on any atom is 0.271 e. The van der Waals surface area contributed by atoms with Gasteiger partial charge in [0.05, 0.1) is 15.6 Å². The van der Waals surface area contributed by atoms with Crippen LogP contribution in [-0.4, -0.2) is 22.8 Å². The number of anilines is 3. The number of benzene rings is 2. The first kappa shape index (κ1) is 19.2. The van der Waals surface area contributed by atoms with Crippen LogP contribution in [0.4, 0.5) is 22.7 Å². The summed E-state index contributed by atoms with van der Waals surface area (Å²) in [4.78, 5) is 33.4. The van der Waals surface area contributed by atoms with Crippen LogP contribution in [0.15, 0.2) is 42.5 Å². The SMILES string of the molecule is CC(=O)Nc1ccc(NC(C)C(=O)Nc2ccc([N+](=O)[O-])cc2Cl)cc1. The van der Waals surface area contributed by atoms with Gasteiger partial charge in [-0.2, -0.15) is 0 Å². The number of nitro groups is 1. The van der Waals surface area contributed by atoms with E-state index in [1.807, 2.05) is 0 Å². The molecular weight excluding hydrogens is 360 g/mol. The molecule has 0 heterocycles. The van der Waals surface area contributed by atoms with Crippen LogP contribution in [-0.2, 0) is 9.59 Å². The summed E-state index contributed by atoms with van der Waals surface area (Å²) in [6, 6.07) is 10.1. The number of hydrogen-bond acceptors (Lipinski definition) is 5. The fourth-order valence-corrected chi connectivity index (χ4v) is 2.35. The van der Waals surface area contributed by atoms with Gasteiger partial charge in [-0.1, -0.05) is 11.6 Å². The summed E-state index contributed by atoms with van der Waals surface area (Å²) < 4.78 is 0. The van der Waals surface area contributed by atoms with Crippen LogP contribution in [0.1, 0.15) is 13.8 Å². The summed E-state index contributed by atoms with van der Waals surface area (Å²) in [7, 11) is 0. The number of hydrogen-bond donors (Lipinski definition) is 3. The van der Waals surface area contributed by atoms with Crippen LogP contribution < -0.4 is 16.0 Å². The molecule has 0 aliphatic rings. The zero-order valence-electron chi connectivity index (χ0n) is 14.1. The molecule has 0 radical (unpaired) electrons. The van der Waals surface area contributed by atoms with Crippen LogP contribution in [0.3, 0.4) is 0 Å². The van der Waals surface area contributed by atoms with Gasteiger partial charge in [0.2, 0.25) is 11.8 Å². The molecule has 2 amide bonds. The summed E-state index contributed by atoms with van der Waals surface area (Å²) >= 11 is 5.97. The van der Waals surface area contributed by atoms with Gasteiger partial charge in [-0.15, -0.1) is 0 Å². The summed E-state index contributed by atoms with van der Waals surface area (Å²) in [6.07, 6.45) is 0. The van der Waals surface area contributed by atoms with Crippen molar-refractivity contribution >= 4 is 46.2 Å². The summed E-state index contributed by atoms with van der Waals surface area (Å²) in [6.45, 7) is 3.08. The first-order valence-electron chi connectivity index (χ1n) is 7.65. The first-order valence-corrected chi connectivity index (χ1v) is 8.03. The third-order valence-corrected chi connectivity index (χ3v) is 3.72. The fraction of sp³-hybridized carbons (Fsp3) is 0.176. The van der Waals surface area contributed by atoms with Gasteiger partial charge in [0.1, 0.15) is 6.04 Å². The Labute approximate surface area is 154 Å². The molecule has 1 atom stereocenters. The van der Waals surface area contributed by atoms with Gasteiger partial charge in [-0.05, 0) is 37.3 Å². The lowest BCUT2D eigenvalue weighted by atomic mass is 10.2. The minimum Gasteiger partial charge on any atom is -0.374 e. The standard InChI is InChI=1S/C17H17ClN4O4/c1-10(19-12-3-5-13(6-4-12)20-11(2)23)17(24)21-16-8-7-14(22(25)26)9-15(16)18/h3-10,19H,1-2H3,(H,20,23)(H,21,24). The Morgan fingerprint density at radius 3 is 2.23 bits per heavy atom. The van der Waals surface area contributed by atoms with Crippen molar-refractivity contribution in [3.8, 4) is 0 Å². The fourth-order valence-electron chi connectivity index (χ4n) is 2.13. The monoisotopic (exact) mass is 376 g/mol. The number of nitro benzene ring substituents is 1. The van der Waals surface area contributed by atoms with Crippen LogP contribution >= 0.6 is 11.6 Å². The lowest BCUT2D eigenvalue weighted by molar-refractivity contribution is -0.384. The largest absolute Gasteiger partial charge is 0.374 e. The Hall–Kier alpha value is -3.13. The molecule has 2 aromatic rings. The molecule has 2 aromatic carbocycles. The van der Waals surface area contributed by atoms with Crippen LogP contribution in [0.2, 0.25) is 5.02 Å². The number of rotatable bonds is 6. The minimum atomic E-state index is -0.590. The number of carbonyl (C=O) groups excluding carboxylic acids is 2. The van der Waals surface area contributed by atoms with Crippen molar-refractivity contribution in [1.29, 1.82) is 0 Å². The number of nitrogens with zero attached hydrogens (tertiary/aromatic N) is 1. The van der Waals surface area contributed by atoms with Crippen molar-refractivity contribution in [3.05, 3.63) is 57.6 Å². The highest BCUT2D eigenvalue weighted by molar-refractivity contribution is 6.34. The molecule has 0 saturated carbocycles. The molecule has 26 heavy (non-hydrogen) atoms. The molecule has 3 N–H and O–H groups in total. The molecule has 8 nitrogen and oxygen atoms in total. The highest BCUT2D eigenvalue weighted by Gasteiger charge is 2.16. The zero-order valence-corrected chi connectivity index (χ0v) is 14.8. The second kappa shape index (κ2) is 8.30. The molecule has 0 aliphatic carbocycles. The quantitative estimate of drug-likeness (QED) is 0.526. The van der Waals surface area contributed by atoms with Crippen molar-refractivity contribution < 1.29 is 14.5 Å². The number of amides is 2. The van der Waals surface area contributed by atoms with Crippen LogP contribution in [0.5, 0.6) is 0 Å². The lowest BCUT2D eigenvalue weighted by Crippen LogP contribution is -2.31. The van der Waals surface area contributed by atoms with Gasteiger partial charge in [-0.3, -0.25) is 19.7 Å². The van der Waals surface area contributed by atoms with E-state index >= 15 is 0 Å². The Morgan fingerprint density at radius 1 is 1.08 bits per heavy atom. The van der Waals surface area contributed by atoms with Gasteiger partial charge in [-0.25, -0.2) is 0 Å². The average molecular weight is 377 g/mol. The molecule has 0 aromatic heterocycles. The second-order valence-electron chi connectivity index (χ2n) is 5.54. The van der Waals surface area contributed by atoms with E-state index in [-0.39, 0.29) is 28.2 Å². The van der Waals surface area contributed by atoms with Crippen molar-refractivity contribution in [1.82, 2.24) is 0 Å². The smallest absolute Gasteiger partial charge is 0.271 e. The highest BCUT2D eigenvalue weighted by Crippen LogP contribution is 2.26. The van der Waals surface area contributed by atoms with Crippen LogP contribution in [0.25, 0.3) is 0 Å². The summed E-state index contributed by atoms with van der Waals surface area (Å²) in [5, 5.41) is 19.1. The molecule has 0 saturated heterocycles. The maximum atomic E-state index is 12.3. The van der Waals surface area contributed by atoms with Gasteiger partial charge in [0, 0.05) is 30.4 Å². The number of halogens is 1. The molecule has 0 aliphatic heterocycles. The Kier molecular flexibility index (Phi) is 6.13. The molecular formula is C17H17ClN4O4. The molecule has 2 rings (SSSR count). The highest BCUT2D eigenvalue weighted by atomic mass is 35.5. The minimum absolute atomic E-state index is 0.0828. The van der Waals surface area contributed by atoms with Crippen molar-refractivity contribution in [3.63, 3.8) is 0 Å². The van der Waals surface area contributed by atoms with E-state index in [4.69, 9.17) is 11.6 Å². The van der Waals surface area contributed by atoms with Crippen molar-refractivity contribution in [2.45, 2.75) is 19.9 Å². The molecule has 0 spiro atoms. The Bertz CT molecular complexity index is 839. The van der Waals surface area contributed by atoms with Crippen molar-refractivity contribution in [2.75, 3.05) is 16.0 Å². The third kappa shape index (κ3) is 5.18. The molecule has 136 valence electrons. The summed E-state index contributed by atoms with van der Waals surface area (Å²) in [5.41, 5.74) is 1.48. The van der Waals surface area contributed by atoms with Crippen LogP contribution in [0, 0.1) is 10.1 Å². The zero-order chi connectivity index (χ0) is 19.3. The van der Waals surface area contributed by atoms with E-state index in [2.05, 4.69) is 16.0 Å². The van der Waals surface area contributed by atoms with Gasteiger partial charge in [0.15, 0.2) is 0 Å². The molecule has 9 heteroatoms. The Balaban J connectivity index is 1.99. The lowest BCUT2D eigenvalue weighted by Gasteiger charge is -2.16. The van der Waals surface area contributed by atoms with Crippen molar-refractivity contribution in [2.24, 2.45) is 0 Å². The number of nitrogens with one attached hydrogen (secondary N) is 3. The molecule has 1 unspecified atom stereocenters. The topological polar surface area (TPSA) is 113 Å². The summed E-state index contributed by atoms with van der Waals surface area (Å²) in [5.74, 6) is -0.523. The normalized spacial score (nSPS) is 11.3. The van der Waals surface area contributed by atoms with Gasteiger partial charge < -0.3 is 16.0 Å². The number of non-ortho nitro benzene ring substituents is 1. The average Bonchev–Trinajstić information content (AvgIpc) is 2.57. The third-order valence-electron chi connectivity index (χ3n) is 3.40. The van der Waals surface area contributed by atoms with E-state index in [1.54, 1.807) is 31.2 Å². The van der Waals surface area contributed by atoms with E-state index < -0.39 is 11.0 Å². The van der Waals surface area contributed by atoms with E-state index in [0.29, 0.717) is 11.4 Å². The van der Waals surface area contributed by atoms with E-state index in [1.165, 1.54) is 25.1 Å². The van der Waals surface area contributed by atoms with E-state index in [0.717, 1.165) is 0 Å².